The van der Waals surface area contributed by atoms with Gasteiger partial charge in [-0.2, -0.15) is 0 Å². The van der Waals surface area contributed by atoms with E-state index in [4.69, 9.17) is 8.83 Å². The number of furan rings is 2. The van der Waals surface area contributed by atoms with Crippen LogP contribution >= 0.6 is 0 Å². The molecular weight excluding hydrogens is 829 g/mol. The second-order valence-electron chi connectivity index (χ2n) is 17.3. The molecule has 0 aliphatic carbocycles. The lowest BCUT2D eigenvalue weighted by Gasteiger charge is -2.27. The molecule has 0 saturated carbocycles. The highest BCUT2D eigenvalue weighted by atomic mass is 16.3. The zero-order chi connectivity index (χ0) is 45.0. The smallest absolute Gasteiger partial charge is 0.137 e. The summed E-state index contributed by atoms with van der Waals surface area (Å²) in [6.07, 6.45) is 4.36. The molecule has 13 aromatic rings. The van der Waals surface area contributed by atoms with E-state index in [1.165, 1.54) is 21.5 Å². The molecule has 320 valence electrons. The van der Waals surface area contributed by atoms with E-state index in [0.717, 1.165) is 100 Å². The van der Waals surface area contributed by atoms with Gasteiger partial charge in [-0.25, -0.2) is 0 Å². The molecule has 0 aliphatic heterocycles. The van der Waals surface area contributed by atoms with Gasteiger partial charge in [0.2, 0.25) is 0 Å². The van der Waals surface area contributed by atoms with Crippen LogP contribution in [0.25, 0.3) is 88.7 Å². The van der Waals surface area contributed by atoms with Crippen LogP contribution in [-0.2, 0) is 0 Å². The van der Waals surface area contributed by atoms with Crippen LogP contribution in [0.3, 0.4) is 0 Å². The van der Waals surface area contributed by atoms with E-state index in [1.807, 2.05) is 24.3 Å². The van der Waals surface area contributed by atoms with Gasteiger partial charge in [0.25, 0.3) is 0 Å². The third-order valence-electron chi connectivity index (χ3n) is 13.2. The largest absolute Gasteiger partial charge is 0.456 e. The maximum Gasteiger partial charge on any atom is 0.137 e. The maximum atomic E-state index is 6.37. The van der Waals surface area contributed by atoms with Gasteiger partial charge in [0, 0.05) is 67.2 Å². The number of anilines is 6. The Kier molecular flexibility index (Phi) is 9.47. The quantitative estimate of drug-likeness (QED) is 0.135. The number of fused-ring (bicyclic) bond motifs is 8. The first kappa shape index (κ1) is 39.3. The highest BCUT2D eigenvalue weighted by molar-refractivity contribution is 6.08. The van der Waals surface area contributed by atoms with Crippen LogP contribution in [-0.4, -0.2) is 0 Å². The number of benzene rings is 11. The zero-order valence-electron chi connectivity index (χ0n) is 37.0. The van der Waals surface area contributed by atoms with Gasteiger partial charge in [0.05, 0.1) is 11.4 Å². The summed E-state index contributed by atoms with van der Waals surface area (Å²) in [6, 6.07) is 86.2. The summed E-state index contributed by atoms with van der Waals surface area (Å²) >= 11 is 0. The van der Waals surface area contributed by atoms with Gasteiger partial charge in [-0.15, -0.1) is 0 Å². The minimum Gasteiger partial charge on any atom is -0.456 e. The SMILES string of the molecule is C(=Cc1ccc(N(c2ccc3c(c2)oc2ccccc23)c2cccc3ccccc23)cc1)c1ccc(-c2ccc(N(c3ccc4c(c3)oc3ccccc34)c3cccc4ccccc34)cc2)cc1. The van der Waals surface area contributed by atoms with Crippen LogP contribution in [0.2, 0.25) is 0 Å². The second-order valence-corrected chi connectivity index (χ2v) is 17.3. The van der Waals surface area contributed by atoms with Crippen molar-refractivity contribution in [2.24, 2.45) is 0 Å². The number of nitrogens with zero attached hydrogens (tertiary/aromatic N) is 2. The van der Waals surface area contributed by atoms with Crippen molar-refractivity contribution in [3.05, 3.63) is 254 Å². The lowest BCUT2D eigenvalue weighted by atomic mass is 10.0. The Morgan fingerprint density at radius 3 is 1.10 bits per heavy atom. The van der Waals surface area contributed by atoms with E-state index in [-0.39, 0.29) is 0 Å². The van der Waals surface area contributed by atoms with Crippen LogP contribution in [0.1, 0.15) is 11.1 Å². The average Bonchev–Trinajstić information content (AvgIpc) is 3.97. The topological polar surface area (TPSA) is 32.8 Å². The van der Waals surface area contributed by atoms with Crippen molar-refractivity contribution >= 4 is 112 Å². The first-order valence-corrected chi connectivity index (χ1v) is 23.1. The summed E-state index contributed by atoms with van der Waals surface area (Å²) in [5.41, 5.74) is 14.5. The van der Waals surface area contributed by atoms with Gasteiger partial charge in [-0.1, -0.05) is 170 Å². The minimum atomic E-state index is 0.869. The Bertz CT molecular complexity index is 4020. The summed E-state index contributed by atoms with van der Waals surface area (Å²) in [4.78, 5) is 4.66. The van der Waals surface area contributed by atoms with Crippen molar-refractivity contribution in [1.82, 2.24) is 0 Å². The monoisotopic (exact) mass is 870 g/mol. The number of hydrogen-bond donors (Lipinski definition) is 0. The van der Waals surface area contributed by atoms with Gasteiger partial charge in [0.15, 0.2) is 0 Å². The first-order valence-electron chi connectivity index (χ1n) is 23.1. The second kappa shape index (κ2) is 16.4. The van der Waals surface area contributed by atoms with Crippen LogP contribution in [0.15, 0.2) is 251 Å². The van der Waals surface area contributed by atoms with Gasteiger partial charge in [0.1, 0.15) is 22.3 Å². The Labute approximate surface area is 393 Å². The third-order valence-corrected chi connectivity index (χ3v) is 13.2. The van der Waals surface area contributed by atoms with Crippen LogP contribution in [0.5, 0.6) is 0 Å². The molecule has 0 amide bonds. The van der Waals surface area contributed by atoms with Crippen molar-refractivity contribution < 1.29 is 8.83 Å². The maximum absolute atomic E-state index is 6.37. The van der Waals surface area contributed by atoms with Crippen LogP contribution < -0.4 is 9.80 Å². The van der Waals surface area contributed by atoms with Gasteiger partial charge < -0.3 is 18.6 Å². The Morgan fingerprint density at radius 1 is 0.265 bits per heavy atom. The van der Waals surface area contributed by atoms with Crippen molar-refractivity contribution in [2.75, 3.05) is 9.80 Å². The summed E-state index contributed by atoms with van der Waals surface area (Å²) in [5.74, 6) is 0. The first-order chi connectivity index (χ1) is 33.7. The molecule has 0 saturated heterocycles. The lowest BCUT2D eigenvalue weighted by Crippen LogP contribution is -2.10. The zero-order valence-corrected chi connectivity index (χ0v) is 37.0. The van der Waals surface area contributed by atoms with E-state index in [9.17, 15) is 0 Å². The average molecular weight is 871 g/mol. The molecule has 0 aliphatic rings. The normalized spacial score (nSPS) is 11.8. The van der Waals surface area contributed by atoms with Crippen molar-refractivity contribution in [2.45, 2.75) is 0 Å². The summed E-state index contributed by atoms with van der Waals surface area (Å²) in [5, 5.41) is 9.23. The molecule has 68 heavy (non-hydrogen) atoms. The van der Waals surface area contributed by atoms with Crippen LogP contribution in [0, 0.1) is 0 Å². The van der Waals surface area contributed by atoms with Gasteiger partial charge >= 0.3 is 0 Å². The molecule has 0 N–H and O–H groups in total. The molecule has 4 heteroatoms. The molecule has 0 unspecified atom stereocenters. The highest BCUT2D eigenvalue weighted by Gasteiger charge is 2.19. The number of para-hydroxylation sites is 2. The predicted octanol–water partition coefficient (Wildman–Crippen LogP) is 18.6. The molecule has 13 rings (SSSR count). The van der Waals surface area contributed by atoms with E-state index in [2.05, 4.69) is 240 Å². The fourth-order valence-corrected chi connectivity index (χ4v) is 9.89. The number of rotatable bonds is 9. The summed E-state index contributed by atoms with van der Waals surface area (Å²) in [6.45, 7) is 0. The molecule has 2 heterocycles. The lowest BCUT2D eigenvalue weighted by molar-refractivity contribution is 0.668. The number of hydrogen-bond acceptors (Lipinski definition) is 4. The standard InChI is InChI=1S/C64H42N2O2/c1-3-15-53-47(11-1)13-9-19-59(53)65(51-37-39-57-55-17-5-7-21-61(55)67-63(57)41-51)49-33-27-44(28-34-49)24-23-43-25-29-45(30-26-43)46-31-35-50(36-32-46)66(60-20-10-14-48-12-2-4-16-54(48)60)52-38-40-58-56-18-6-8-22-62(56)68-64(58)42-52/h1-42H. The van der Waals surface area contributed by atoms with Crippen LogP contribution in [0.4, 0.5) is 34.1 Å². The van der Waals surface area contributed by atoms with E-state index >= 15 is 0 Å². The van der Waals surface area contributed by atoms with E-state index in [1.54, 1.807) is 0 Å². The molecule has 0 atom stereocenters. The Morgan fingerprint density at radius 2 is 0.618 bits per heavy atom. The van der Waals surface area contributed by atoms with Crippen molar-refractivity contribution in [3.63, 3.8) is 0 Å². The molecule has 0 bridgehead atoms. The molecule has 11 aromatic carbocycles. The van der Waals surface area contributed by atoms with E-state index < -0.39 is 0 Å². The summed E-state index contributed by atoms with van der Waals surface area (Å²) in [7, 11) is 0. The fraction of sp³-hybridized carbons (Fsp3) is 0. The summed E-state index contributed by atoms with van der Waals surface area (Å²) < 4.78 is 12.7. The van der Waals surface area contributed by atoms with E-state index in [0.29, 0.717) is 0 Å². The Hall–Kier alpha value is -9.12. The minimum absolute atomic E-state index is 0.869. The molecule has 0 fully saturated rings. The molecule has 0 radical (unpaired) electrons. The fourth-order valence-electron chi connectivity index (χ4n) is 9.89. The Balaban J connectivity index is 0.779. The highest BCUT2D eigenvalue weighted by Crippen LogP contribution is 2.43. The molecular formula is C64H42N2O2. The third kappa shape index (κ3) is 6.95. The molecule has 0 spiro atoms. The van der Waals surface area contributed by atoms with Crippen molar-refractivity contribution in [1.29, 1.82) is 0 Å². The van der Waals surface area contributed by atoms with Crippen molar-refractivity contribution in [3.8, 4) is 11.1 Å². The molecule has 2 aromatic heterocycles. The molecule has 4 nitrogen and oxygen atoms in total. The predicted molar refractivity (Wildman–Crippen MR) is 286 cm³/mol. The van der Waals surface area contributed by atoms with Gasteiger partial charge in [-0.3, -0.25) is 0 Å². The van der Waals surface area contributed by atoms with Gasteiger partial charge in [-0.05, 0) is 106 Å².